The number of rotatable bonds is 3. The number of nitrogens with zero attached hydrogens (tertiary/aromatic N) is 2. The first-order valence-electron chi connectivity index (χ1n) is 12.7. The number of fused-ring (bicyclic) bond motifs is 4. The van der Waals surface area contributed by atoms with Crippen LogP contribution in [-0.2, 0) is 27.8 Å². The maximum atomic E-state index is 14.1. The number of phenols is 1. The van der Waals surface area contributed by atoms with E-state index in [1.54, 1.807) is 6.07 Å². The van der Waals surface area contributed by atoms with Crippen molar-refractivity contribution in [3.63, 3.8) is 0 Å². The average Bonchev–Trinajstić information content (AvgIpc) is 2.82. The van der Waals surface area contributed by atoms with Gasteiger partial charge in [0.05, 0.1) is 6.42 Å². The second-order valence-electron chi connectivity index (χ2n) is 11.1. The quantitative estimate of drug-likeness (QED) is 0.736. The van der Waals surface area contributed by atoms with Gasteiger partial charge in [-0.25, -0.2) is 0 Å². The third-order valence-corrected chi connectivity index (χ3v) is 9.22. The molecule has 2 amide bonds. The van der Waals surface area contributed by atoms with Crippen molar-refractivity contribution in [1.29, 1.82) is 0 Å². The summed E-state index contributed by atoms with van der Waals surface area (Å²) in [5.41, 5.74) is 2.93. The molecule has 2 aliphatic heterocycles. The summed E-state index contributed by atoms with van der Waals surface area (Å²) in [5, 5.41) is 10.7. The highest BCUT2D eigenvalue weighted by Crippen LogP contribution is 2.57. The Morgan fingerprint density at radius 1 is 0.971 bits per heavy atom. The second-order valence-corrected chi connectivity index (χ2v) is 11.1. The van der Waals surface area contributed by atoms with Crippen molar-refractivity contribution in [2.45, 2.75) is 76.8 Å². The molecule has 3 aliphatic rings. The highest BCUT2D eigenvalue weighted by molar-refractivity contribution is 5.89. The van der Waals surface area contributed by atoms with Crippen LogP contribution >= 0.6 is 0 Å². The lowest BCUT2D eigenvalue weighted by atomic mass is 9.51. The molecule has 5 rings (SSSR count). The number of amides is 2. The number of piperidine rings is 2. The molecule has 1 aliphatic carbocycles. The zero-order valence-corrected chi connectivity index (χ0v) is 20.6. The summed E-state index contributed by atoms with van der Waals surface area (Å²) >= 11 is 0. The van der Waals surface area contributed by atoms with Gasteiger partial charge in [0.2, 0.25) is 11.8 Å². The maximum absolute atomic E-state index is 14.1. The first-order chi connectivity index (χ1) is 16.2. The fourth-order valence-electron chi connectivity index (χ4n) is 6.74. The molecule has 1 N–H and O–H groups in total. The second kappa shape index (κ2) is 8.44. The first-order valence-corrected chi connectivity index (χ1v) is 12.7. The topological polar surface area (TPSA) is 60.9 Å². The normalized spacial score (nSPS) is 27.7. The van der Waals surface area contributed by atoms with E-state index in [2.05, 4.69) is 31.7 Å². The Morgan fingerprint density at radius 3 is 2.50 bits per heavy atom. The summed E-state index contributed by atoms with van der Waals surface area (Å²) in [6, 6.07) is 15.2. The van der Waals surface area contributed by atoms with Crippen LogP contribution in [0.5, 0.6) is 5.75 Å². The summed E-state index contributed by atoms with van der Waals surface area (Å²) in [7, 11) is 0. The molecule has 0 saturated carbocycles. The number of aromatic hydroxyl groups is 1. The van der Waals surface area contributed by atoms with Gasteiger partial charge >= 0.3 is 0 Å². The van der Waals surface area contributed by atoms with E-state index < -0.39 is 6.04 Å². The monoisotopic (exact) mass is 460 g/mol. The van der Waals surface area contributed by atoms with Crippen LogP contribution in [0.25, 0.3) is 0 Å². The zero-order chi connectivity index (χ0) is 24.1. The summed E-state index contributed by atoms with van der Waals surface area (Å²) in [4.78, 5) is 31.3. The van der Waals surface area contributed by atoms with E-state index in [1.807, 2.05) is 41.3 Å². The Bertz CT molecular complexity index is 1100. The fraction of sp³-hybridized carbons (Fsp3) is 0.517. The van der Waals surface area contributed by atoms with Gasteiger partial charge in [0.25, 0.3) is 0 Å². The molecule has 2 fully saturated rings. The van der Waals surface area contributed by atoms with Crippen LogP contribution in [0.3, 0.4) is 0 Å². The number of carbonyl (C=O) groups excluding carboxylic acids is 2. The van der Waals surface area contributed by atoms with Crippen LogP contribution in [0, 0.1) is 5.41 Å². The maximum Gasteiger partial charge on any atom is 0.245 e. The molecule has 3 atom stereocenters. The molecular weight excluding hydrogens is 424 g/mol. The van der Waals surface area contributed by atoms with Crippen molar-refractivity contribution in [3.05, 3.63) is 65.2 Å². The summed E-state index contributed by atoms with van der Waals surface area (Å²) < 4.78 is 0. The summed E-state index contributed by atoms with van der Waals surface area (Å²) in [6.07, 6.45) is 4.47. The molecule has 1 unspecified atom stereocenters. The van der Waals surface area contributed by atoms with Crippen LogP contribution in [-0.4, -0.2) is 51.9 Å². The summed E-state index contributed by atoms with van der Waals surface area (Å²) in [5.74, 6) is 0.452. The molecule has 5 heteroatoms. The molecule has 2 aromatic rings. The fourth-order valence-corrected chi connectivity index (χ4v) is 6.74. The van der Waals surface area contributed by atoms with Gasteiger partial charge in [-0.2, -0.15) is 0 Å². The highest BCUT2D eigenvalue weighted by atomic mass is 16.3. The predicted octanol–water partition coefficient (Wildman–Crippen LogP) is 4.46. The Labute approximate surface area is 202 Å². The zero-order valence-electron chi connectivity index (χ0n) is 20.6. The van der Waals surface area contributed by atoms with Gasteiger partial charge in [-0.15, -0.1) is 0 Å². The molecular formula is C29H36N2O3. The smallest absolute Gasteiger partial charge is 0.245 e. The lowest BCUT2D eigenvalue weighted by Gasteiger charge is -2.61. The molecule has 5 nitrogen and oxygen atoms in total. The van der Waals surface area contributed by atoms with Gasteiger partial charge in [0.15, 0.2) is 0 Å². The number of hydrogen-bond donors (Lipinski definition) is 1. The van der Waals surface area contributed by atoms with Gasteiger partial charge in [0, 0.05) is 24.5 Å². The van der Waals surface area contributed by atoms with E-state index in [0.717, 1.165) is 36.8 Å². The van der Waals surface area contributed by atoms with E-state index in [0.29, 0.717) is 31.7 Å². The Balaban J connectivity index is 1.43. The molecule has 2 aromatic carbocycles. The van der Waals surface area contributed by atoms with E-state index >= 15 is 0 Å². The first kappa shape index (κ1) is 22.9. The molecule has 2 bridgehead atoms. The average molecular weight is 461 g/mol. The van der Waals surface area contributed by atoms with Crippen molar-refractivity contribution < 1.29 is 14.7 Å². The van der Waals surface area contributed by atoms with Gasteiger partial charge in [-0.3, -0.25) is 9.59 Å². The minimum Gasteiger partial charge on any atom is -0.508 e. The van der Waals surface area contributed by atoms with Crippen LogP contribution in [0.1, 0.15) is 63.1 Å². The lowest BCUT2D eigenvalue weighted by Crippen LogP contribution is -2.67. The van der Waals surface area contributed by atoms with Gasteiger partial charge in [-0.05, 0) is 60.3 Å². The number of benzene rings is 2. The minimum atomic E-state index is -0.393. The molecule has 2 saturated heterocycles. The largest absolute Gasteiger partial charge is 0.508 e. The molecule has 180 valence electrons. The van der Waals surface area contributed by atoms with Gasteiger partial charge in [-0.1, -0.05) is 63.2 Å². The van der Waals surface area contributed by atoms with Gasteiger partial charge < -0.3 is 14.9 Å². The van der Waals surface area contributed by atoms with E-state index in [-0.39, 0.29) is 28.7 Å². The Kier molecular flexibility index (Phi) is 5.70. The SMILES string of the molecule is CC1(C)[C@@H]2Cc3c(O)cccc3[C@]1(C)CCN2C(=O)C1CCCCN1C(=O)Cc1ccccc1. The predicted molar refractivity (Wildman–Crippen MR) is 133 cm³/mol. The van der Waals surface area contributed by atoms with Crippen molar-refractivity contribution in [3.8, 4) is 5.75 Å². The third-order valence-electron chi connectivity index (χ3n) is 9.22. The molecule has 0 radical (unpaired) electrons. The van der Waals surface area contributed by atoms with Crippen LogP contribution in [0.2, 0.25) is 0 Å². The molecule has 0 aromatic heterocycles. The van der Waals surface area contributed by atoms with Crippen molar-refractivity contribution in [2.75, 3.05) is 13.1 Å². The van der Waals surface area contributed by atoms with E-state index in [1.165, 1.54) is 5.56 Å². The molecule has 34 heavy (non-hydrogen) atoms. The van der Waals surface area contributed by atoms with Crippen molar-refractivity contribution in [1.82, 2.24) is 9.80 Å². The minimum absolute atomic E-state index is 0.00690. The van der Waals surface area contributed by atoms with Gasteiger partial charge in [0.1, 0.15) is 11.8 Å². The van der Waals surface area contributed by atoms with E-state index in [9.17, 15) is 14.7 Å². The number of phenolic OH excluding ortho intramolecular Hbond substituents is 1. The van der Waals surface area contributed by atoms with Crippen molar-refractivity contribution in [2.24, 2.45) is 5.41 Å². The third kappa shape index (κ3) is 3.52. The number of likely N-dealkylation sites (tertiary alicyclic amines) is 2. The molecule has 0 spiro atoms. The summed E-state index contributed by atoms with van der Waals surface area (Å²) in [6.45, 7) is 8.16. The van der Waals surface area contributed by atoms with Crippen LogP contribution in [0.15, 0.2) is 48.5 Å². The van der Waals surface area contributed by atoms with Crippen LogP contribution < -0.4 is 0 Å². The number of carbonyl (C=O) groups is 2. The number of hydrogen-bond acceptors (Lipinski definition) is 3. The Hall–Kier alpha value is -2.82. The Morgan fingerprint density at radius 2 is 1.74 bits per heavy atom. The molecule has 2 heterocycles. The van der Waals surface area contributed by atoms with Crippen molar-refractivity contribution >= 4 is 11.8 Å². The highest BCUT2D eigenvalue weighted by Gasteiger charge is 2.58. The van der Waals surface area contributed by atoms with Crippen LogP contribution in [0.4, 0.5) is 0 Å². The lowest BCUT2D eigenvalue weighted by molar-refractivity contribution is -0.156. The standard InChI is InChI=1S/C29H36N2O3/c1-28(2)25-19-21-22(12-9-14-24(21)32)29(28,3)15-17-31(25)27(34)23-13-7-8-16-30(23)26(33)18-20-10-5-4-6-11-20/h4-6,9-12,14,23,25,32H,7-8,13,15-19H2,1-3H3/t23?,25-,29-/m0/s1. The van der Waals surface area contributed by atoms with E-state index in [4.69, 9.17) is 0 Å².